The molecule has 0 aromatic carbocycles. The molecule has 2 atom stereocenters. The number of rotatable bonds is 9. The summed E-state index contributed by atoms with van der Waals surface area (Å²) in [5.74, 6) is 1.90. The lowest BCUT2D eigenvalue weighted by atomic mass is 9.93. The number of hydrogen-bond donors (Lipinski definition) is 0. The van der Waals surface area contributed by atoms with E-state index in [-0.39, 0.29) is 0 Å². The standard InChI is InChI=1S/C14H30/c1-5-7-8-9-10-14(4)12-11-13(3)6-2/h13-14H,5-12H2,1-4H3. The first-order valence-corrected chi connectivity index (χ1v) is 6.70. The lowest BCUT2D eigenvalue weighted by Crippen LogP contribution is -1.99. The number of unbranched alkanes of at least 4 members (excludes halogenated alkanes) is 3. The number of hydrogen-bond acceptors (Lipinski definition) is 0. The van der Waals surface area contributed by atoms with Crippen LogP contribution < -0.4 is 0 Å². The lowest BCUT2D eigenvalue weighted by Gasteiger charge is -2.13. The molecule has 14 heavy (non-hydrogen) atoms. The van der Waals surface area contributed by atoms with Crippen LogP contribution in [0.25, 0.3) is 0 Å². The van der Waals surface area contributed by atoms with Crippen molar-refractivity contribution in [3.63, 3.8) is 0 Å². The van der Waals surface area contributed by atoms with Gasteiger partial charge in [0.1, 0.15) is 0 Å². The Morgan fingerprint density at radius 2 is 1.36 bits per heavy atom. The Morgan fingerprint density at radius 3 is 1.93 bits per heavy atom. The Kier molecular flexibility index (Phi) is 9.55. The van der Waals surface area contributed by atoms with E-state index in [4.69, 9.17) is 0 Å². The van der Waals surface area contributed by atoms with Crippen molar-refractivity contribution < 1.29 is 0 Å². The summed E-state index contributed by atoms with van der Waals surface area (Å²) in [5.41, 5.74) is 0. The second-order valence-corrected chi connectivity index (χ2v) is 5.05. The quantitative estimate of drug-likeness (QED) is 0.434. The van der Waals surface area contributed by atoms with Gasteiger partial charge in [-0.15, -0.1) is 0 Å². The van der Waals surface area contributed by atoms with Crippen molar-refractivity contribution in [2.75, 3.05) is 0 Å². The zero-order valence-electron chi connectivity index (χ0n) is 10.8. The molecule has 0 saturated carbocycles. The van der Waals surface area contributed by atoms with Crippen LogP contribution in [0.4, 0.5) is 0 Å². The van der Waals surface area contributed by atoms with Gasteiger partial charge in [-0.25, -0.2) is 0 Å². The third-order valence-corrected chi connectivity index (χ3v) is 3.40. The van der Waals surface area contributed by atoms with E-state index in [0.717, 1.165) is 11.8 Å². The highest BCUT2D eigenvalue weighted by Gasteiger charge is 2.04. The molecule has 0 nitrogen and oxygen atoms in total. The van der Waals surface area contributed by atoms with E-state index in [9.17, 15) is 0 Å². The minimum atomic E-state index is 0.938. The largest absolute Gasteiger partial charge is 0.0654 e. The Bertz CT molecular complexity index is 107. The zero-order valence-corrected chi connectivity index (χ0v) is 10.8. The lowest BCUT2D eigenvalue weighted by molar-refractivity contribution is 0.394. The highest BCUT2D eigenvalue weighted by Crippen LogP contribution is 2.19. The van der Waals surface area contributed by atoms with Gasteiger partial charge in [-0.05, 0) is 11.8 Å². The summed E-state index contributed by atoms with van der Waals surface area (Å²) in [6.07, 6.45) is 11.4. The van der Waals surface area contributed by atoms with Gasteiger partial charge in [-0.3, -0.25) is 0 Å². The molecule has 0 heterocycles. The van der Waals surface area contributed by atoms with Crippen LogP contribution in [0.15, 0.2) is 0 Å². The van der Waals surface area contributed by atoms with E-state index in [1.165, 1.54) is 51.4 Å². The van der Waals surface area contributed by atoms with Crippen LogP contribution in [0.5, 0.6) is 0 Å². The summed E-state index contributed by atoms with van der Waals surface area (Å²) in [4.78, 5) is 0. The molecule has 0 spiro atoms. The van der Waals surface area contributed by atoms with Crippen LogP contribution in [-0.2, 0) is 0 Å². The topological polar surface area (TPSA) is 0 Å². The molecule has 0 aromatic rings. The third-order valence-electron chi connectivity index (χ3n) is 3.40. The molecule has 0 bridgehead atoms. The first-order chi connectivity index (χ1) is 6.70. The van der Waals surface area contributed by atoms with Crippen LogP contribution in [0.2, 0.25) is 0 Å². The summed E-state index contributed by atoms with van der Waals surface area (Å²) < 4.78 is 0. The van der Waals surface area contributed by atoms with E-state index in [1.54, 1.807) is 0 Å². The summed E-state index contributed by atoms with van der Waals surface area (Å²) in [6.45, 7) is 9.39. The zero-order chi connectivity index (χ0) is 10.8. The molecule has 0 N–H and O–H groups in total. The Balaban J connectivity index is 3.23. The molecule has 0 heteroatoms. The summed E-state index contributed by atoms with van der Waals surface area (Å²) in [6, 6.07) is 0. The molecule has 0 aliphatic rings. The fraction of sp³-hybridized carbons (Fsp3) is 1.00. The molecule has 0 fully saturated rings. The minimum Gasteiger partial charge on any atom is -0.0654 e. The van der Waals surface area contributed by atoms with Gasteiger partial charge in [0.05, 0.1) is 0 Å². The monoisotopic (exact) mass is 198 g/mol. The smallest absolute Gasteiger partial charge is 0.0443 e. The van der Waals surface area contributed by atoms with Gasteiger partial charge < -0.3 is 0 Å². The second kappa shape index (κ2) is 9.55. The van der Waals surface area contributed by atoms with Crippen molar-refractivity contribution in [3.8, 4) is 0 Å². The molecule has 0 radical (unpaired) electrons. The maximum Gasteiger partial charge on any atom is -0.0443 e. The van der Waals surface area contributed by atoms with Crippen LogP contribution in [0, 0.1) is 11.8 Å². The van der Waals surface area contributed by atoms with Crippen molar-refractivity contribution in [3.05, 3.63) is 0 Å². The molecule has 2 unspecified atom stereocenters. The molecule has 0 aliphatic heterocycles. The van der Waals surface area contributed by atoms with E-state index < -0.39 is 0 Å². The molecular weight excluding hydrogens is 168 g/mol. The van der Waals surface area contributed by atoms with E-state index in [0.29, 0.717) is 0 Å². The molecule has 0 aromatic heterocycles. The summed E-state index contributed by atoms with van der Waals surface area (Å²) in [7, 11) is 0. The first kappa shape index (κ1) is 14.0. The van der Waals surface area contributed by atoms with E-state index in [2.05, 4.69) is 27.7 Å². The normalized spacial score (nSPS) is 15.4. The molecule has 0 rings (SSSR count). The predicted octanol–water partition coefficient (Wildman–Crippen LogP) is 5.42. The van der Waals surface area contributed by atoms with E-state index in [1.807, 2.05) is 0 Å². The molecule has 0 amide bonds. The van der Waals surface area contributed by atoms with Crippen LogP contribution in [0.1, 0.15) is 79.1 Å². The molecule has 0 aliphatic carbocycles. The minimum absolute atomic E-state index is 0.938. The van der Waals surface area contributed by atoms with Gasteiger partial charge in [-0.1, -0.05) is 79.1 Å². The van der Waals surface area contributed by atoms with Gasteiger partial charge in [0, 0.05) is 0 Å². The molecule has 0 saturated heterocycles. The van der Waals surface area contributed by atoms with Gasteiger partial charge in [0.15, 0.2) is 0 Å². The van der Waals surface area contributed by atoms with Crippen LogP contribution >= 0.6 is 0 Å². The third kappa shape index (κ3) is 8.59. The fourth-order valence-corrected chi connectivity index (χ4v) is 1.84. The van der Waals surface area contributed by atoms with Gasteiger partial charge in [0.25, 0.3) is 0 Å². The van der Waals surface area contributed by atoms with Gasteiger partial charge >= 0.3 is 0 Å². The SMILES string of the molecule is CCCCCCC(C)CCC(C)CC. The maximum atomic E-state index is 2.42. The second-order valence-electron chi connectivity index (χ2n) is 5.05. The predicted molar refractivity (Wildman–Crippen MR) is 66.6 cm³/mol. The molecular formula is C14H30. The Morgan fingerprint density at radius 1 is 0.714 bits per heavy atom. The highest BCUT2D eigenvalue weighted by atomic mass is 14.1. The fourth-order valence-electron chi connectivity index (χ4n) is 1.84. The van der Waals surface area contributed by atoms with Crippen molar-refractivity contribution in [2.24, 2.45) is 11.8 Å². The highest BCUT2D eigenvalue weighted by molar-refractivity contribution is 4.57. The maximum absolute atomic E-state index is 2.42. The van der Waals surface area contributed by atoms with Gasteiger partial charge in [-0.2, -0.15) is 0 Å². The van der Waals surface area contributed by atoms with E-state index >= 15 is 0 Å². The van der Waals surface area contributed by atoms with Crippen molar-refractivity contribution >= 4 is 0 Å². The van der Waals surface area contributed by atoms with Crippen LogP contribution in [0.3, 0.4) is 0 Å². The van der Waals surface area contributed by atoms with Crippen molar-refractivity contribution in [2.45, 2.75) is 79.1 Å². The molecule has 86 valence electrons. The Hall–Kier alpha value is 0. The summed E-state index contributed by atoms with van der Waals surface area (Å²) in [5, 5.41) is 0. The average Bonchev–Trinajstić information content (AvgIpc) is 2.21. The van der Waals surface area contributed by atoms with Crippen LogP contribution in [-0.4, -0.2) is 0 Å². The van der Waals surface area contributed by atoms with Crippen molar-refractivity contribution in [1.29, 1.82) is 0 Å². The summed E-state index contributed by atoms with van der Waals surface area (Å²) >= 11 is 0. The Labute approximate surface area is 91.5 Å². The van der Waals surface area contributed by atoms with Gasteiger partial charge in [0.2, 0.25) is 0 Å². The first-order valence-electron chi connectivity index (χ1n) is 6.70. The average molecular weight is 198 g/mol. The van der Waals surface area contributed by atoms with Crippen molar-refractivity contribution in [1.82, 2.24) is 0 Å².